The van der Waals surface area contributed by atoms with Crippen molar-refractivity contribution >= 4 is 11.5 Å². The standard InChI is InChI=1S/C14H12FNO3/c15-10-3-1-2-4-11(10)16-8-14(19)9-5-6-12(17)13(18)7-9/h1-7,16-18H,8H2. The van der Waals surface area contributed by atoms with Gasteiger partial charge in [0, 0.05) is 5.56 Å². The van der Waals surface area contributed by atoms with Gasteiger partial charge in [-0.1, -0.05) is 12.1 Å². The number of benzene rings is 2. The van der Waals surface area contributed by atoms with E-state index < -0.39 is 5.82 Å². The van der Waals surface area contributed by atoms with Crippen LogP contribution in [0.25, 0.3) is 0 Å². The van der Waals surface area contributed by atoms with Crippen molar-refractivity contribution in [2.24, 2.45) is 0 Å². The first-order valence-corrected chi connectivity index (χ1v) is 5.61. The van der Waals surface area contributed by atoms with E-state index in [1.807, 2.05) is 0 Å². The van der Waals surface area contributed by atoms with Gasteiger partial charge in [0.25, 0.3) is 0 Å². The summed E-state index contributed by atoms with van der Waals surface area (Å²) in [6.45, 7) is -0.106. The molecule has 2 rings (SSSR count). The van der Waals surface area contributed by atoms with Gasteiger partial charge in [-0.05, 0) is 30.3 Å². The molecule has 0 saturated heterocycles. The van der Waals surface area contributed by atoms with Crippen molar-refractivity contribution in [1.82, 2.24) is 0 Å². The van der Waals surface area contributed by atoms with Crippen LogP contribution in [0.5, 0.6) is 11.5 Å². The number of rotatable bonds is 4. The second-order valence-corrected chi connectivity index (χ2v) is 3.96. The van der Waals surface area contributed by atoms with E-state index in [1.165, 1.54) is 30.3 Å². The van der Waals surface area contributed by atoms with E-state index in [-0.39, 0.29) is 35.1 Å². The number of aromatic hydroxyl groups is 2. The third-order valence-corrected chi connectivity index (χ3v) is 2.61. The van der Waals surface area contributed by atoms with Gasteiger partial charge in [-0.3, -0.25) is 4.79 Å². The Morgan fingerprint density at radius 1 is 1.11 bits per heavy atom. The lowest BCUT2D eigenvalue weighted by atomic mass is 10.1. The Labute approximate surface area is 109 Å². The van der Waals surface area contributed by atoms with E-state index in [9.17, 15) is 14.3 Å². The maximum Gasteiger partial charge on any atom is 0.181 e. The van der Waals surface area contributed by atoms with Crippen LogP contribution in [0.2, 0.25) is 0 Å². The summed E-state index contributed by atoms with van der Waals surface area (Å²) in [5, 5.41) is 21.1. The summed E-state index contributed by atoms with van der Waals surface area (Å²) in [7, 11) is 0. The third-order valence-electron chi connectivity index (χ3n) is 2.61. The number of phenolic OH excluding ortho intramolecular Hbond substituents is 2. The van der Waals surface area contributed by atoms with E-state index in [2.05, 4.69) is 5.32 Å². The number of ketones is 1. The van der Waals surface area contributed by atoms with Crippen LogP contribution in [-0.2, 0) is 0 Å². The molecule has 0 fully saturated rings. The van der Waals surface area contributed by atoms with Gasteiger partial charge in [0.05, 0.1) is 12.2 Å². The highest BCUT2D eigenvalue weighted by molar-refractivity contribution is 5.99. The van der Waals surface area contributed by atoms with Gasteiger partial charge >= 0.3 is 0 Å². The summed E-state index contributed by atoms with van der Waals surface area (Å²) in [6, 6.07) is 9.81. The average Bonchev–Trinajstić information content (AvgIpc) is 2.40. The monoisotopic (exact) mass is 261 g/mol. The van der Waals surface area contributed by atoms with Crippen molar-refractivity contribution in [2.75, 3.05) is 11.9 Å². The van der Waals surface area contributed by atoms with E-state index in [0.29, 0.717) is 0 Å². The Hall–Kier alpha value is -2.56. The van der Waals surface area contributed by atoms with E-state index in [0.717, 1.165) is 0 Å². The van der Waals surface area contributed by atoms with Gasteiger partial charge < -0.3 is 15.5 Å². The molecule has 0 aliphatic rings. The summed E-state index contributed by atoms with van der Waals surface area (Å²) in [5.41, 5.74) is 0.470. The highest BCUT2D eigenvalue weighted by Crippen LogP contribution is 2.25. The maximum absolute atomic E-state index is 13.3. The van der Waals surface area contributed by atoms with Gasteiger partial charge in [-0.25, -0.2) is 4.39 Å². The van der Waals surface area contributed by atoms with Crippen molar-refractivity contribution in [1.29, 1.82) is 0 Å². The molecule has 0 aliphatic carbocycles. The molecule has 0 radical (unpaired) electrons. The molecule has 0 spiro atoms. The van der Waals surface area contributed by atoms with E-state index >= 15 is 0 Å². The van der Waals surface area contributed by atoms with Gasteiger partial charge in [0.1, 0.15) is 5.82 Å². The number of hydrogen-bond acceptors (Lipinski definition) is 4. The number of hydrogen-bond donors (Lipinski definition) is 3. The Morgan fingerprint density at radius 3 is 2.53 bits per heavy atom. The van der Waals surface area contributed by atoms with E-state index in [1.54, 1.807) is 12.1 Å². The zero-order chi connectivity index (χ0) is 13.8. The quantitative estimate of drug-likeness (QED) is 0.584. The minimum atomic E-state index is -0.441. The Kier molecular flexibility index (Phi) is 3.66. The molecule has 0 aromatic heterocycles. The van der Waals surface area contributed by atoms with Crippen LogP contribution in [-0.4, -0.2) is 22.5 Å². The molecule has 0 unspecified atom stereocenters. The average molecular weight is 261 g/mol. The second kappa shape index (κ2) is 5.39. The largest absolute Gasteiger partial charge is 0.504 e. The summed E-state index contributed by atoms with van der Waals surface area (Å²) < 4.78 is 13.3. The topological polar surface area (TPSA) is 69.6 Å². The SMILES string of the molecule is O=C(CNc1ccccc1F)c1ccc(O)c(O)c1. The lowest BCUT2D eigenvalue weighted by Crippen LogP contribution is -2.14. The van der Waals surface area contributed by atoms with Gasteiger partial charge in [-0.2, -0.15) is 0 Å². The number of nitrogens with one attached hydrogen (secondary N) is 1. The number of carbonyl (C=O) groups is 1. The fourth-order valence-corrected chi connectivity index (χ4v) is 1.58. The first-order chi connectivity index (χ1) is 9.08. The lowest BCUT2D eigenvalue weighted by molar-refractivity contribution is 0.101. The number of carbonyl (C=O) groups excluding carboxylic acids is 1. The zero-order valence-corrected chi connectivity index (χ0v) is 9.93. The molecule has 4 nitrogen and oxygen atoms in total. The molecule has 19 heavy (non-hydrogen) atoms. The summed E-state index contributed by atoms with van der Waals surface area (Å²) >= 11 is 0. The molecular weight excluding hydrogens is 249 g/mol. The Balaban J connectivity index is 2.05. The molecule has 0 atom stereocenters. The number of phenols is 2. The highest BCUT2D eigenvalue weighted by Gasteiger charge is 2.09. The molecule has 0 bridgehead atoms. The Morgan fingerprint density at radius 2 is 1.84 bits per heavy atom. The van der Waals surface area contributed by atoms with Gasteiger partial charge in [-0.15, -0.1) is 0 Å². The first kappa shape index (κ1) is 12.9. The normalized spacial score (nSPS) is 10.2. The molecule has 98 valence electrons. The number of para-hydroxylation sites is 1. The van der Waals surface area contributed by atoms with Crippen LogP contribution >= 0.6 is 0 Å². The van der Waals surface area contributed by atoms with E-state index in [4.69, 9.17) is 5.11 Å². The van der Waals surface area contributed by atoms with Crippen molar-refractivity contribution in [3.05, 3.63) is 53.8 Å². The van der Waals surface area contributed by atoms with Crippen molar-refractivity contribution in [2.45, 2.75) is 0 Å². The van der Waals surface area contributed by atoms with Crippen LogP contribution < -0.4 is 5.32 Å². The highest BCUT2D eigenvalue weighted by atomic mass is 19.1. The predicted octanol–water partition coefficient (Wildman–Crippen LogP) is 2.53. The predicted molar refractivity (Wildman–Crippen MR) is 69.0 cm³/mol. The first-order valence-electron chi connectivity index (χ1n) is 5.61. The molecule has 0 saturated carbocycles. The van der Waals surface area contributed by atoms with Crippen molar-refractivity contribution < 1.29 is 19.4 Å². The number of Topliss-reactive ketones (excluding diaryl/α,β-unsaturated/α-hetero) is 1. The molecule has 0 amide bonds. The third kappa shape index (κ3) is 3.01. The molecule has 5 heteroatoms. The molecule has 3 N–H and O–H groups in total. The summed E-state index contributed by atoms with van der Waals surface area (Å²) in [4.78, 5) is 11.8. The maximum atomic E-state index is 13.3. The lowest BCUT2D eigenvalue weighted by Gasteiger charge is -2.07. The number of anilines is 1. The van der Waals surface area contributed by atoms with Gasteiger partial charge in [0.2, 0.25) is 0 Å². The van der Waals surface area contributed by atoms with Crippen LogP contribution in [0.4, 0.5) is 10.1 Å². The van der Waals surface area contributed by atoms with Gasteiger partial charge in [0.15, 0.2) is 17.3 Å². The second-order valence-electron chi connectivity index (χ2n) is 3.96. The van der Waals surface area contributed by atoms with Crippen LogP contribution in [0, 0.1) is 5.82 Å². The number of halogens is 1. The van der Waals surface area contributed by atoms with Crippen LogP contribution in [0.1, 0.15) is 10.4 Å². The smallest absolute Gasteiger partial charge is 0.181 e. The molecule has 2 aromatic rings. The Bertz CT molecular complexity index is 613. The summed E-state index contributed by atoms with van der Waals surface area (Å²) in [5.74, 6) is -1.42. The minimum absolute atomic E-state index is 0.106. The van der Waals surface area contributed by atoms with Crippen LogP contribution in [0.3, 0.4) is 0 Å². The molecule has 0 aliphatic heterocycles. The minimum Gasteiger partial charge on any atom is -0.504 e. The fraction of sp³-hybridized carbons (Fsp3) is 0.0714. The zero-order valence-electron chi connectivity index (χ0n) is 9.93. The summed E-state index contributed by atoms with van der Waals surface area (Å²) in [6.07, 6.45) is 0. The van der Waals surface area contributed by atoms with Crippen LogP contribution in [0.15, 0.2) is 42.5 Å². The fourth-order valence-electron chi connectivity index (χ4n) is 1.58. The molecule has 0 heterocycles. The van der Waals surface area contributed by atoms with Crippen molar-refractivity contribution in [3.63, 3.8) is 0 Å². The van der Waals surface area contributed by atoms with Crippen molar-refractivity contribution in [3.8, 4) is 11.5 Å². The molecular formula is C14H12FNO3. The molecule has 2 aromatic carbocycles.